The summed E-state index contributed by atoms with van der Waals surface area (Å²) >= 11 is 12.0. The molecule has 3 rings (SSSR count). The minimum absolute atomic E-state index is 0.0259. The molecule has 0 saturated heterocycles. The summed E-state index contributed by atoms with van der Waals surface area (Å²) in [4.78, 5) is 4.14. The summed E-state index contributed by atoms with van der Waals surface area (Å²) in [6.07, 6.45) is 2.07. The standard InChI is InChI=1S/C13H13Cl2N3O3S/c1-7-9(14)4-5-10(12(7)15)22(19,20)16-6-11-17-13(21-18-11)8-2-3-8/h4-5,8,16H,2-3,6H2,1H3. The van der Waals surface area contributed by atoms with E-state index in [4.69, 9.17) is 27.7 Å². The number of rotatable bonds is 5. The van der Waals surface area contributed by atoms with E-state index in [-0.39, 0.29) is 16.5 Å². The molecule has 1 fully saturated rings. The Hall–Kier alpha value is -1.15. The summed E-state index contributed by atoms with van der Waals surface area (Å²) in [5.74, 6) is 1.19. The van der Waals surface area contributed by atoms with Gasteiger partial charge in [-0.2, -0.15) is 4.98 Å². The fraction of sp³-hybridized carbons (Fsp3) is 0.385. The van der Waals surface area contributed by atoms with E-state index in [9.17, 15) is 8.42 Å². The predicted octanol–water partition coefficient (Wildman–Crippen LogP) is 3.04. The molecule has 2 aromatic rings. The third-order valence-corrected chi connectivity index (χ3v) is 5.86. The van der Waals surface area contributed by atoms with Crippen molar-refractivity contribution in [3.8, 4) is 0 Å². The van der Waals surface area contributed by atoms with E-state index in [1.54, 1.807) is 6.92 Å². The third-order valence-electron chi connectivity index (χ3n) is 3.41. The van der Waals surface area contributed by atoms with E-state index in [1.165, 1.54) is 12.1 Å². The Morgan fingerprint density at radius 2 is 2.09 bits per heavy atom. The van der Waals surface area contributed by atoms with E-state index < -0.39 is 10.0 Å². The molecule has 9 heteroatoms. The van der Waals surface area contributed by atoms with E-state index in [2.05, 4.69) is 14.9 Å². The first-order valence-corrected chi connectivity index (χ1v) is 8.89. The van der Waals surface area contributed by atoms with Crippen LogP contribution in [0.2, 0.25) is 10.0 Å². The van der Waals surface area contributed by atoms with Gasteiger partial charge in [0.15, 0.2) is 5.82 Å². The topological polar surface area (TPSA) is 85.1 Å². The molecule has 1 N–H and O–H groups in total. The van der Waals surface area contributed by atoms with E-state index >= 15 is 0 Å². The summed E-state index contributed by atoms with van der Waals surface area (Å²) in [5.41, 5.74) is 0.516. The van der Waals surface area contributed by atoms with Crippen molar-refractivity contribution in [3.63, 3.8) is 0 Å². The number of sulfonamides is 1. The first-order chi connectivity index (χ1) is 10.4. The highest BCUT2D eigenvalue weighted by molar-refractivity contribution is 7.89. The SMILES string of the molecule is Cc1c(Cl)ccc(S(=O)(=O)NCc2noc(C3CC3)n2)c1Cl. The molecular weight excluding hydrogens is 349 g/mol. The van der Waals surface area contributed by atoms with Gasteiger partial charge in [0.25, 0.3) is 0 Å². The van der Waals surface area contributed by atoms with Crippen molar-refractivity contribution in [1.82, 2.24) is 14.9 Å². The molecule has 0 spiro atoms. The van der Waals surface area contributed by atoms with Gasteiger partial charge in [0.1, 0.15) is 4.90 Å². The molecule has 1 aliphatic rings. The molecule has 0 bridgehead atoms. The lowest BCUT2D eigenvalue weighted by atomic mass is 10.2. The van der Waals surface area contributed by atoms with Crippen molar-refractivity contribution in [1.29, 1.82) is 0 Å². The van der Waals surface area contributed by atoms with Crippen molar-refractivity contribution >= 4 is 33.2 Å². The first kappa shape index (κ1) is 15.7. The van der Waals surface area contributed by atoms with Gasteiger partial charge in [-0.15, -0.1) is 0 Å². The molecule has 1 aliphatic carbocycles. The highest BCUT2D eigenvalue weighted by Crippen LogP contribution is 2.38. The molecule has 0 unspecified atom stereocenters. The highest BCUT2D eigenvalue weighted by Gasteiger charge is 2.30. The molecule has 1 aromatic heterocycles. The lowest BCUT2D eigenvalue weighted by Gasteiger charge is -2.09. The van der Waals surface area contributed by atoms with Crippen LogP contribution in [-0.2, 0) is 16.6 Å². The quantitative estimate of drug-likeness (QED) is 0.884. The molecule has 0 radical (unpaired) electrons. The van der Waals surface area contributed by atoms with Crippen molar-refractivity contribution in [2.24, 2.45) is 0 Å². The molecule has 1 heterocycles. The lowest BCUT2D eigenvalue weighted by Crippen LogP contribution is -2.24. The Balaban J connectivity index is 1.76. The number of halogens is 2. The van der Waals surface area contributed by atoms with E-state index in [0.717, 1.165) is 12.8 Å². The summed E-state index contributed by atoms with van der Waals surface area (Å²) in [6, 6.07) is 2.86. The van der Waals surface area contributed by atoms with Gasteiger partial charge < -0.3 is 4.52 Å². The molecule has 6 nitrogen and oxygen atoms in total. The van der Waals surface area contributed by atoms with Crippen LogP contribution in [0.1, 0.15) is 36.0 Å². The second-order valence-electron chi connectivity index (χ2n) is 5.13. The molecule has 22 heavy (non-hydrogen) atoms. The zero-order valence-corrected chi connectivity index (χ0v) is 14.0. The fourth-order valence-corrected chi connectivity index (χ4v) is 3.70. The van der Waals surface area contributed by atoms with Crippen molar-refractivity contribution in [2.45, 2.75) is 37.1 Å². The van der Waals surface area contributed by atoms with Gasteiger partial charge in [0, 0.05) is 10.9 Å². The van der Waals surface area contributed by atoms with Gasteiger partial charge in [-0.3, -0.25) is 0 Å². The van der Waals surface area contributed by atoms with Crippen LogP contribution in [0.3, 0.4) is 0 Å². The fourth-order valence-electron chi connectivity index (χ4n) is 1.92. The lowest BCUT2D eigenvalue weighted by molar-refractivity contribution is 0.373. The summed E-state index contributed by atoms with van der Waals surface area (Å²) in [5, 5.41) is 4.28. The van der Waals surface area contributed by atoms with Crippen LogP contribution in [0.5, 0.6) is 0 Å². The van der Waals surface area contributed by atoms with Gasteiger partial charge in [-0.25, -0.2) is 13.1 Å². The first-order valence-electron chi connectivity index (χ1n) is 6.65. The van der Waals surface area contributed by atoms with Crippen molar-refractivity contribution in [2.75, 3.05) is 0 Å². The molecule has 118 valence electrons. The maximum Gasteiger partial charge on any atom is 0.242 e. The number of nitrogens with one attached hydrogen (secondary N) is 1. The number of aromatic nitrogens is 2. The Morgan fingerprint density at radius 1 is 1.36 bits per heavy atom. The summed E-state index contributed by atoms with van der Waals surface area (Å²) in [7, 11) is -3.79. The minimum Gasteiger partial charge on any atom is -0.339 e. The maximum absolute atomic E-state index is 12.3. The van der Waals surface area contributed by atoms with Crippen LogP contribution in [0, 0.1) is 6.92 Å². The van der Waals surface area contributed by atoms with Crippen molar-refractivity contribution in [3.05, 3.63) is 39.5 Å². The molecule has 1 saturated carbocycles. The van der Waals surface area contributed by atoms with E-state index in [1.807, 2.05) is 0 Å². The Kier molecular flexibility index (Phi) is 4.15. The average Bonchev–Trinajstić information content (AvgIpc) is 3.21. The number of hydrogen-bond donors (Lipinski definition) is 1. The van der Waals surface area contributed by atoms with Crippen LogP contribution >= 0.6 is 23.2 Å². The largest absolute Gasteiger partial charge is 0.339 e. The van der Waals surface area contributed by atoms with Crippen LogP contribution < -0.4 is 4.72 Å². The van der Waals surface area contributed by atoms with Gasteiger partial charge >= 0.3 is 0 Å². The maximum atomic E-state index is 12.3. The minimum atomic E-state index is -3.79. The van der Waals surface area contributed by atoms with Gasteiger partial charge in [-0.1, -0.05) is 28.4 Å². The third kappa shape index (κ3) is 3.12. The molecule has 0 atom stereocenters. The van der Waals surface area contributed by atoms with Crippen LogP contribution in [0.25, 0.3) is 0 Å². The Labute approximate surface area is 137 Å². The zero-order valence-electron chi connectivity index (χ0n) is 11.6. The van der Waals surface area contributed by atoms with Crippen LogP contribution in [0.4, 0.5) is 0 Å². The molecule has 0 aliphatic heterocycles. The number of nitrogens with zero attached hydrogens (tertiary/aromatic N) is 2. The second-order valence-corrected chi connectivity index (χ2v) is 7.65. The molecule has 0 amide bonds. The Bertz CT molecular complexity index is 816. The zero-order chi connectivity index (χ0) is 15.9. The molecular formula is C13H13Cl2N3O3S. The monoisotopic (exact) mass is 361 g/mol. The van der Waals surface area contributed by atoms with Gasteiger partial charge in [0.05, 0.1) is 11.6 Å². The second kappa shape index (κ2) is 5.81. The van der Waals surface area contributed by atoms with Crippen molar-refractivity contribution < 1.29 is 12.9 Å². The van der Waals surface area contributed by atoms with Crippen LogP contribution in [0.15, 0.2) is 21.6 Å². The summed E-state index contributed by atoms with van der Waals surface area (Å²) < 4.78 is 32.1. The predicted molar refractivity (Wildman–Crippen MR) is 81.5 cm³/mol. The summed E-state index contributed by atoms with van der Waals surface area (Å²) in [6.45, 7) is 1.60. The molecule has 1 aromatic carbocycles. The average molecular weight is 362 g/mol. The van der Waals surface area contributed by atoms with Gasteiger partial charge in [-0.05, 0) is 37.5 Å². The van der Waals surface area contributed by atoms with E-state index in [0.29, 0.717) is 28.2 Å². The van der Waals surface area contributed by atoms with Gasteiger partial charge in [0.2, 0.25) is 15.9 Å². The normalized spacial score (nSPS) is 15.2. The smallest absolute Gasteiger partial charge is 0.242 e. The number of benzene rings is 1. The number of hydrogen-bond acceptors (Lipinski definition) is 5. The Morgan fingerprint density at radius 3 is 2.77 bits per heavy atom. The highest BCUT2D eigenvalue weighted by atomic mass is 35.5. The van der Waals surface area contributed by atoms with Crippen LogP contribution in [-0.4, -0.2) is 18.6 Å².